The predicted molar refractivity (Wildman–Crippen MR) is 85.9 cm³/mol. The molecule has 2 aromatic carbocycles. The third-order valence-electron chi connectivity index (χ3n) is 3.58. The molecule has 0 amide bonds. The lowest BCUT2D eigenvalue weighted by Crippen LogP contribution is -2.54. The van der Waals surface area contributed by atoms with Crippen molar-refractivity contribution in [2.45, 2.75) is 9.46 Å². The van der Waals surface area contributed by atoms with Crippen LogP contribution in [-0.4, -0.2) is 15.0 Å². The van der Waals surface area contributed by atoms with Gasteiger partial charge in [0.1, 0.15) is 9.46 Å². The van der Waals surface area contributed by atoms with Crippen molar-refractivity contribution in [2.75, 3.05) is 6.54 Å². The average Bonchev–Trinajstić information content (AvgIpc) is 3.03. The highest BCUT2D eigenvalue weighted by Crippen LogP contribution is 2.34. The van der Waals surface area contributed by atoms with E-state index in [-0.39, 0.29) is 0 Å². The van der Waals surface area contributed by atoms with Gasteiger partial charge in [-0.1, -0.05) is 48.5 Å². The van der Waals surface area contributed by atoms with E-state index in [0.717, 1.165) is 16.3 Å². The Bertz CT molecular complexity index is 850. The zero-order chi connectivity index (χ0) is 14.9. The van der Waals surface area contributed by atoms with Gasteiger partial charge in [-0.15, -0.1) is 11.3 Å². The molecule has 1 aromatic heterocycles. The van der Waals surface area contributed by atoms with Gasteiger partial charge in [-0.05, 0) is 27.8 Å². The number of thiophene rings is 1. The Kier molecular flexibility index (Phi) is 3.80. The number of quaternary nitrogens is 1. The lowest BCUT2D eigenvalue weighted by molar-refractivity contribution is -0.367. The molecule has 3 nitrogen and oxygen atoms in total. The van der Waals surface area contributed by atoms with Crippen molar-refractivity contribution in [1.82, 2.24) is 0 Å². The maximum atomic E-state index is 12.8. The molecule has 1 atom stereocenters. The van der Waals surface area contributed by atoms with Crippen molar-refractivity contribution < 1.29 is 14.2 Å². The van der Waals surface area contributed by atoms with Crippen molar-refractivity contribution in [2.24, 2.45) is 0 Å². The SMILES string of the molecule is [NH3+]C[C@@H](c1cccc2ccccc12)S(=O)(=O)c1cccs1. The number of fused-ring (bicyclic) bond motifs is 1. The van der Waals surface area contributed by atoms with Gasteiger partial charge in [0.25, 0.3) is 0 Å². The maximum absolute atomic E-state index is 12.8. The first-order chi connectivity index (χ1) is 10.1. The molecule has 5 heteroatoms. The van der Waals surface area contributed by atoms with Gasteiger partial charge in [0.15, 0.2) is 9.84 Å². The minimum Gasteiger partial charge on any atom is -0.356 e. The molecule has 0 bridgehead atoms. The van der Waals surface area contributed by atoms with Gasteiger partial charge in [0.2, 0.25) is 0 Å². The van der Waals surface area contributed by atoms with Crippen molar-refractivity contribution in [3.05, 3.63) is 65.5 Å². The van der Waals surface area contributed by atoms with E-state index in [0.29, 0.717) is 10.8 Å². The van der Waals surface area contributed by atoms with Crippen LogP contribution in [0.5, 0.6) is 0 Å². The van der Waals surface area contributed by atoms with Crippen molar-refractivity contribution in [1.29, 1.82) is 0 Å². The van der Waals surface area contributed by atoms with Gasteiger partial charge < -0.3 is 5.73 Å². The second kappa shape index (κ2) is 5.60. The summed E-state index contributed by atoms with van der Waals surface area (Å²) in [4.78, 5) is 0. The van der Waals surface area contributed by atoms with Crippen LogP contribution in [-0.2, 0) is 9.84 Å². The summed E-state index contributed by atoms with van der Waals surface area (Å²) in [5.74, 6) is 0. The van der Waals surface area contributed by atoms with Gasteiger partial charge in [-0.3, -0.25) is 0 Å². The lowest BCUT2D eigenvalue weighted by Gasteiger charge is -2.15. The number of benzene rings is 2. The Labute approximate surface area is 128 Å². The summed E-state index contributed by atoms with van der Waals surface area (Å²) in [6.45, 7) is 0.314. The summed E-state index contributed by atoms with van der Waals surface area (Å²) >= 11 is 1.26. The average molecular weight is 318 g/mol. The van der Waals surface area contributed by atoms with E-state index in [1.165, 1.54) is 11.3 Å². The molecule has 3 rings (SSSR count). The van der Waals surface area contributed by atoms with E-state index in [4.69, 9.17) is 0 Å². The minimum atomic E-state index is -3.40. The van der Waals surface area contributed by atoms with Crippen LogP contribution < -0.4 is 5.73 Å². The first-order valence-electron chi connectivity index (χ1n) is 6.69. The van der Waals surface area contributed by atoms with Crippen molar-refractivity contribution in [3.63, 3.8) is 0 Å². The summed E-state index contributed by atoms with van der Waals surface area (Å²) < 4.78 is 26.1. The Morgan fingerprint density at radius 1 is 1.00 bits per heavy atom. The Morgan fingerprint density at radius 2 is 1.76 bits per heavy atom. The van der Waals surface area contributed by atoms with Gasteiger partial charge in [-0.25, -0.2) is 8.42 Å². The topological polar surface area (TPSA) is 61.8 Å². The molecule has 0 saturated heterocycles. The fraction of sp³-hybridized carbons (Fsp3) is 0.125. The third-order valence-corrected chi connectivity index (χ3v) is 7.17. The number of hydrogen-bond acceptors (Lipinski definition) is 3. The highest BCUT2D eigenvalue weighted by atomic mass is 32.2. The van der Waals surface area contributed by atoms with Crippen LogP contribution in [0.15, 0.2) is 64.2 Å². The normalized spacial score (nSPS) is 13.4. The maximum Gasteiger partial charge on any atom is 0.200 e. The number of hydrogen-bond donors (Lipinski definition) is 1. The molecule has 0 unspecified atom stereocenters. The second-order valence-electron chi connectivity index (χ2n) is 4.82. The molecule has 21 heavy (non-hydrogen) atoms. The van der Waals surface area contributed by atoms with Crippen LogP contribution in [0.25, 0.3) is 10.8 Å². The minimum absolute atomic E-state index is 0.314. The number of sulfone groups is 1. The molecule has 0 aliphatic rings. The van der Waals surface area contributed by atoms with Gasteiger partial charge in [0, 0.05) is 0 Å². The van der Waals surface area contributed by atoms with Crippen LogP contribution in [0.4, 0.5) is 0 Å². The molecule has 3 N–H and O–H groups in total. The van der Waals surface area contributed by atoms with E-state index < -0.39 is 15.1 Å². The molecule has 0 saturated carbocycles. The van der Waals surface area contributed by atoms with Crippen molar-refractivity contribution in [3.8, 4) is 0 Å². The molecule has 0 radical (unpaired) electrons. The highest BCUT2D eigenvalue weighted by molar-refractivity contribution is 7.93. The first-order valence-corrected chi connectivity index (χ1v) is 9.11. The predicted octanol–water partition coefficient (Wildman–Crippen LogP) is 2.66. The summed E-state index contributed by atoms with van der Waals surface area (Å²) in [5, 5.41) is 3.21. The molecular weight excluding hydrogens is 302 g/mol. The summed E-state index contributed by atoms with van der Waals surface area (Å²) in [7, 11) is -3.40. The largest absolute Gasteiger partial charge is 0.356 e. The molecule has 0 spiro atoms. The fourth-order valence-electron chi connectivity index (χ4n) is 2.57. The second-order valence-corrected chi connectivity index (χ2v) is 8.13. The van der Waals surface area contributed by atoms with Gasteiger partial charge in [0.05, 0.1) is 6.54 Å². The highest BCUT2D eigenvalue weighted by Gasteiger charge is 2.31. The monoisotopic (exact) mass is 318 g/mol. The molecule has 0 fully saturated rings. The van der Waals surface area contributed by atoms with E-state index in [9.17, 15) is 8.42 Å². The van der Waals surface area contributed by atoms with Crippen LogP contribution in [0, 0.1) is 0 Å². The van der Waals surface area contributed by atoms with Crippen LogP contribution in [0.2, 0.25) is 0 Å². The molecule has 1 heterocycles. The molecular formula is C16H16NO2S2+. The Morgan fingerprint density at radius 3 is 2.48 bits per heavy atom. The zero-order valence-corrected chi connectivity index (χ0v) is 13.0. The van der Waals surface area contributed by atoms with E-state index in [1.54, 1.807) is 17.5 Å². The number of rotatable bonds is 4. The van der Waals surface area contributed by atoms with E-state index in [1.807, 2.05) is 42.5 Å². The molecule has 108 valence electrons. The fourth-order valence-corrected chi connectivity index (χ4v) is 5.47. The van der Waals surface area contributed by atoms with Crippen LogP contribution in [0.1, 0.15) is 10.8 Å². The molecule has 3 aromatic rings. The van der Waals surface area contributed by atoms with Crippen LogP contribution in [0.3, 0.4) is 0 Å². The Hall–Kier alpha value is -1.69. The zero-order valence-electron chi connectivity index (χ0n) is 11.4. The third kappa shape index (κ3) is 2.48. The Balaban J connectivity index is 2.20. The lowest BCUT2D eigenvalue weighted by atomic mass is 10.0. The van der Waals surface area contributed by atoms with E-state index in [2.05, 4.69) is 5.73 Å². The summed E-state index contributed by atoms with van der Waals surface area (Å²) in [5.41, 5.74) is 4.70. The quantitative estimate of drug-likeness (QED) is 0.804. The molecule has 0 aliphatic heterocycles. The summed E-state index contributed by atoms with van der Waals surface area (Å²) in [6.07, 6.45) is 0. The van der Waals surface area contributed by atoms with Crippen LogP contribution >= 0.6 is 11.3 Å². The smallest absolute Gasteiger partial charge is 0.200 e. The first kappa shape index (κ1) is 14.3. The van der Waals surface area contributed by atoms with Gasteiger partial charge >= 0.3 is 0 Å². The summed E-state index contributed by atoms with van der Waals surface area (Å²) in [6, 6.07) is 17.1. The van der Waals surface area contributed by atoms with Gasteiger partial charge in [-0.2, -0.15) is 0 Å². The molecule has 0 aliphatic carbocycles. The van der Waals surface area contributed by atoms with E-state index >= 15 is 0 Å². The van der Waals surface area contributed by atoms with Crippen molar-refractivity contribution >= 4 is 31.9 Å². The standard InChI is InChI=1S/C16H15NO2S2/c17-11-15(21(18,19)16-9-4-10-20-16)14-8-3-6-12-5-1-2-7-13(12)14/h1-10,15H,11,17H2/p+1/t15-/m0/s1.